The lowest BCUT2D eigenvalue weighted by Crippen LogP contribution is -2.24. The Bertz CT molecular complexity index is 642. The summed E-state index contributed by atoms with van der Waals surface area (Å²) in [4.78, 5) is 12.5. The van der Waals surface area contributed by atoms with Gasteiger partial charge in [0.25, 0.3) is 5.91 Å². The number of rotatable bonds is 5. The van der Waals surface area contributed by atoms with Crippen LogP contribution in [-0.2, 0) is 4.74 Å². The molecule has 0 aliphatic rings. The van der Waals surface area contributed by atoms with E-state index in [9.17, 15) is 4.79 Å². The molecule has 0 aliphatic carbocycles. The molecule has 2 rings (SSSR count). The summed E-state index contributed by atoms with van der Waals surface area (Å²) in [5, 5.41) is 4.81. The fourth-order valence-corrected chi connectivity index (χ4v) is 4.05. The Morgan fingerprint density at radius 2 is 2.10 bits per heavy atom. The molecule has 0 atom stereocenters. The second kappa shape index (κ2) is 6.96. The number of hydrogen-bond donors (Lipinski definition) is 1. The minimum atomic E-state index is -0.209. The maximum absolute atomic E-state index is 12.1. The lowest BCUT2D eigenvalue weighted by atomic mass is 10.2. The fourth-order valence-electron chi connectivity index (χ4n) is 1.76. The summed E-state index contributed by atoms with van der Waals surface area (Å²) >= 11 is 19.6. The van der Waals surface area contributed by atoms with E-state index in [1.165, 1.54) is 11.3 Å². The number of halogens is 3. The summed E-state index contributed by atoms with van der Waals surface area (Å²) in [7, 11) is 1.62. The summed E-state index contributed by atoms with van der Waals surface area (Å²) < 4.78 is 5.72. The second-order valence-electron chi connectivity index (χ2n) is 4.11. The van der Waals surface area contributed by atoms with Crippen molar-refractivity contribution in [1.29, 1.82) is 0 Å². The number of fused-ring (bicyclic) bond motifs is 1. The third-order valence-electron chi connectivity index (χ3n) is 2.67. The van der Waals surface area contributed by atoms with Crippen LogP contribution in [0.15, 0.2) is 12.1 Å². The molecule has 0 aliphatic heterocycles. The summed E-state index contributed by atoms with van der Waals surface area (Å²) in [6, 6.07) is 3.37. The van der Waals surface area contributed by atoms with Gasteiger partial charge in [-0.1, -0.05) is 34.8 Å². The molecule has 1 aromatic carbocycles. The van der Waals surface area contributed by atoms with Gasteiger partial charge in [-0.2, -0.15) is 0 Å². The van der Waals surface area contributed by atoms with Crippen molar-refractivity contribution in [2.24, 2.45) is 0 Å². The summed E-state index contributed by atoms with van der Waals surface area (Å²) in [5.41, 5.74) is 0. The molecule has 108 valence electrons. The number of ether oxygens (including phenoxy) is 1. The number of methoxy groups -OCH3 is 1. The SMILES string of the molecule is COCCCNC(=O)c1sc2cc(Cl)cc(Cl)c2c1Cl. The monoisotopic (exact) mass is 351 g/mol. The highest BCUT2D eigenvalue weighted by molar-refractivity contribution is 7.21. The Hall–Kier alpha value is -0.520. The highest BCUT2D eigenvalue weighted by Gasteiger charge is 2.19. The largest absolute Gasteiger partial charge is 0.385 e. The molecule has 0 saturated carbocycles. The molecule has 1 aromatic heterocycles. The van der Waals surface area contributed by atoms with Crippen LogP contribution in [-0.4, -0.2) is 26.2 Å². The average molecular weight is 353 g/mol. The lowest BCUT2D eigenvalue weighted by molar-refractivity contribution is 0.0953. The minimum absolute atomic E-state index is 0.209. The zero-order valence-corrected chi connectivity index (χ0v) is 13.7. The molecule has 1 N–H and O–H groups in total. The van der Waals surface area contributed by atoms with Gasteiger partial charge in [-0.15, -0.1) is 11.3 Å². The van der Waals surface area contributed by atoms with Crippen molar-refractivity contribution in [2.75, 3.05) is 20.3 Å². The van der Waals surface area contributed by atoms with Crippen LogP contribution in [0.5, 0.6) is 0 Å². The molecule has 0 spiro atoms. The van der Waals surface area contributed by atoms with Gasteiger partial charge in [0.15, 0.2) is 0 Å². The van der Waals surface area contributed by atoms with Crippen molar-refractivity contribution in [1.82, 2.24) is 5.32 Å². The highest BCUT2D eigenvalue weighted by atomic mass is 35.5. The fraction of sp³-hybridized carbons (Fsp3) is 0.308. The predicted molar refractivity (Wildman–Crippen MR) is 85.7 cm³/mol. The average Bonchev–Trinajstić information content (AvgIpc) is 2.71. The standard InChI is InChI=1S/C13H12Cl3NO2S/c1-19-4-2-3-17-13(18)12-11(16)10-8(15)5-7(14)6-9(10)20-12/h5-6H,2-4H2,1H3,(H,17,18). The molecule has 2 aromatic rings. The first-order chi connectivity index (χ1) is 9.54. The molecular formula is C13H12Cl3NO2S. The Kier molecular flexibility index (Phi) is 5.52. The Morgan fingerprint density at radius 3 is 2.80 bits per heavy atom. The van der Waals surface area contributed by atoms with Crippen LogP contribution in [0.1, 0.15) is 16.1 Å². The number of carbonyl (C=O) groups is 1. The van der Waals surface area contributed by atoms with E-state index in [0.717, 1.165) is 11.1 Å². The second-order valence-corrected chi connectivity index (χ2v) is 6.38. The van der Waals surface area contributed by atoms with E-state index in [0.29, 0.717) is 38.5 Å². The molecule has 0 fully saturated rings. The Labute approximate surface area is 135 Å². The molecule has 3 nitrogen and oxygen atoms in total. The van der Waals surface area contributed by atoms with Crippen molar-refractivity contribution >= 4 is 62.1 Å². The van der Waals surface area contributed by atoms with Gasteiger partial charge in [0.2, 0.25) is 0 Å². The van der Waals surface area contributed by atoms with Crippen LogP contribution in [0.25, 0.3) is 10.1 Å². The minimum Gasteiger partial charge on any atom is -0.385 e. The number of carbonyl (C=O) groups excluding carboxylic acids is 1. The molecule has 20 heavy (non-hydrogen) atoms. The number of thiophene rings is 1. The maximum Gasteiger partial charge on any atom is 0.262 e. The van der Waals surface area contributed by atoms with Crippen LogP contribution in [0.2, 0.25) is 15.1 Å². The van der Waals surface area contributed by atoms with Crippen LogP contribution in [0, 0.1) is 0 Å². The van der Waals surface area contributed by atoms with E-state index in [1.54, 1.807) is 19.2 Å². The molecule has 1 heterocycles. The van der Waals surface area contributed by atoms with E-state index in [-0.39, 0.29) is 5.91 Å². The topological polar surface area (TPSA) is 38.3 Å². The van der Waals surface area contributed by atoms with Crippen molar-refractivity contribution in [3.8, 4) is 0 Å². The first kappa shape index (κ1) is 15.9. The van der Waals surface area contributed by atoms with Crippen molar-refractivity contribution in [3.63, 3.8) is 0 Å². The Morgan fingerprint density at radius 1 is 1.35 bits per heavy atom. The van der Waals surface area contributed by atoms with Gasteiger partial charge in [-0.3, -0.25) is 4.79 Å². The van der Waals surface area contributed by atoms with E-state index in [1.807, 2.05) is 0 Å². The zero-order chi connectivity index (χ0) is 14.7. The lowest BCUT2D eigenvalue weighted by Gasteiger charge is -2.03. The normalized spacial score (nSPS) is 11.0. The van der Waals surface area contributed by atoms with Crippen LogP contribution < -0.4 is 5.32 Å². The highest BCUT2D eigenvalue weighted by Crippen LogP contribution is 2.41. The molecule has 7 heteroatoms. The third kappa shape index (κ3) is 3.38. The maximum atomic E-state index is 12.1. The molecule has 1 amide bonds. The van der Waals surface area contributed by atoms with Crippen LogP contribution in [0.3, 0.4) is 0 Å². The first-order valence-corrected chi connectivity index (χ1v) is 7.83. The summed E-state index contributed by atoms with van der Waals surface area (Å²) in [6.45, 7) is 1.13. The van der Waals surface area contributed by atoms with E-state index in [4.69, 9.17) is 39.5 Å². The Balaban J connectivity index is 2.24. The molecule has 0 bridgehead atoms. The van der Waals surface area contributed by atoms with Gasteiger partial charge in [0.05, 0.1) is 10.0 Å². The van der Waals surface area contributed by atoms with E-state index in [2.05, 4.69) is 5.32 Å². The first-order valence-electron chi connectivity index (χ1n) is 5.88. The quantitative estimate of drug-likeness (QED) is 0.797. The molecule has 0 saturated heterocycles. The smallest absolute Gasteiger partial charge is 0.262 e. The van der Waals surface area contributed by atoms with Crippen molar-refractivity contribution < 1.29 is 9.53 Å². The number of nitrogens with one attached hydrogen (secondary N) is 1. The van der Waals surface area contributed by atoms with Gasteiger partial charge in [-0.05, 0) is 18.6 Å². The van der Waals surface area contributed by atoms with Gasteiger partial charge in [0.1, 0.15) is 4.88 Å². The number of benzene rings is 1. The molecular weight excluding hydrogens is 341 g/mol. The number of amides is 1. The van der Waals surface area contributed by atoms with E-state index < -0.39 is 0 Å². The predicted octanol–water partition coefficient (Wildman–Crippen LogP) is 4.63. The van der Waals surface area contributed by atoms with Crippen molar-refractivity contribution in [2.45, 2.75) is 6.42 Å². The van der Waals surface area contributed by atoms with Gasteiger partial charge >= 0.3 is 0 Å². The van der Waals surface area contributed by atoms with Crippen LogP contribution in [0.4, 0.5) is 0 Å². The van der Waals surface area contributed by atoms with Crippen LogP contribution >= 0.6 is 46.1 Å². The van der Waals surface area contributed by atoms with E-state index >= 15 is 0 Å². The van der Waals surface area contributed by atoms with Gasteiger partial charge in [0, 0.05) is 35.4 Å². The number of hydrogen-bond acceptors (Lipinski definition) is 3. The summed E-state index contributed by atoms with van der Waals surface area (Å²) in [6.07, 6.45) is 0.747. The molecule has 0 unspecified atom stereocenters. The van der Waals surface area contributed by atoms with Crippen molar-refractivity contribution in [3.05, 3.63) is 32.1 Å². The third-order valence-corrected chi connectivity index (χ3v) is 4.81. The zero-order valence-electron chi connectivity index (χ0n) is 10.6. The van der Waals surface area contributed by atoms with Gasteiger partial charge < -0.3 is 10.1 Å². The summed E-state index contributed by atoms with van der Waals surface area (Å²) in [5.74, 6) is -0.209. The molecule has 0 radical (unpaired) electrons. The van der Waals surface area contributed by atoms with Gasteiger partial charge in [-0.25, -0.2) is 0 Å².